The van der Waals surface area contributed by atoms with Crippen LogP contribution in [0.5, 0.6) is 0 Å². The molecular formula is C14H25N3O2. The molecule has 19 heavy (non-hydrogen) atoms. The van der Waals surface area contributed by atoms with Gasteiger partial charge in [-0.2, -0.15) is 5.26 Å². The number of amides is 1. The molecule has 0 saturated carbocycles. The summed E-state index contributed by atoms with van der Waals surface area (Å²) < 4.78 is 5.90. The Labute approximate surface area is 115 Å². The Morgan fingerprint density at radius 2 is 2.21 bits per heavy atom. The van der Waals surface area contributed by atoms with E-state index in [1.165, 1.54) is 0 Å². The molecule has 0 aromatic carbocycles. The normalized spacial score (nSPS) is 21.6. The van der Waals surface area contributed by atoms with Crippen LogP contribution in [0.4, 0.5) is 0 Å². The van der Waals surface area contributed by atoms with Crippen molar-refractivity contribution in [3.8, 4) is 6.07 Å². The Morgan fingerprint density at radius 1 is 1.47 bits per heavy atom. The van der Waals surface area contributed by atoms with E-state index < -0.39 is 0 Å². The molecule has 1 atom stereocenters. The van der Waals surface area contributed by atoms with E-state index in [-0.39, 0.29) is 11.5 Å². The molecule has 0 aliphatic carbocycles. The predicted molar refractivity (Wildman–Crippen MR) is 73.5 cm³/mol. The highest BCUT2D eigenvalue weighted by molar-refractivity contribution is 5.77. The first-order chi connectivity index (χ1) is 9.15. The number of nitriles is 1. The Bertz CT molecular complexity index is 321. The maximum absolute atomic E-state index is 11.5. The van der Waals surface area contributed by atoms with E-state index in [1.807, 2.05) is 6.07 Å². The van der Waals surface area contributed by atoms with E-state index in [2.05, 4.69) is 24.5 Å². The zero-order chi connectivity index (χ0) is 14.1. The molecule has 5 heteroatoms. The monoisotopic (exact) mass is 267 g/mol. The molecule has 1 aliphatic heterocycles. The Morgan fingerprint density at radius 3 is 2.84 bits per heavy atom. The van der Waals surface area contributed by atoms with Gasteiger partial charge in [-0.1, -0.05) is 13.8 Å². The van der Waals surface area contributed by atoms with Gasteiger partial charge in [-0.15, -0.1) is 0 Å². The summed E-state index contributed by atoms with van der Waals surface area (Å²) in [5.41, 5.74) is -0.0206. The quantitative estimate of drug-likeness (QED) is 0.683. The lowest BCUT2D eigenvalue weighted by Gasteiger charge is -2.40. The van der Waals surface area contributed by atoms with Gasteiger partial charge in [0, 0.05) is 19.2 Å². The molecule has 2 N–H and O–H groups in total. The molecule has 1 rings (SSSR count). The van der Waals surface area contributed by atoms with Gasteiger partial charge < -0.3 is 15.4 Å². The van der Waals surface area contributed by atoms with E-state index in [0.29, 0.717) is 25.6 Å². The molecule has 5 nitrogen and oxygen atoms in total. The first kappa shape index (κ1) is 15.9. The first-order valence-electron chi connectivity index (χ1n) is 7.16. The number of rotatable bonds is 7. The Kier molecular flexibility index (Phi) is 6.82. The third kappa shape index (κ3) is 5.17. The second kappa shape index (κ2) is 8.13. The van der Waals surface area contributed by atoms with Gasteiger partial charge in [0.05, 0.1) is 24.6 Å². The molecule has 0 spiro atoms. The van der Waals surface area contributed by atoms with Crippen molar-refractivity contribution in [2.24, 2.45) is 0 Å². The maximum atomic E-state index is 11.5. The van der Waals surface area contributed by atoms with Crippen LogP contribution in [0.15, 0.2) is 0 Å². The van der Waals surface area contributed by atoms with E-state index in [9.17, 15) is 4.79 Å². The first-order valence-corrected chi connectivity index (χ1v) is 7.16. The number of nitrogens with one attached hydrogen (secondary N) is 2. The van der Waals surface area contributed by atoms with Crippen LogP contribution in [-0.4, -0.2) is 37.2 Å². The number of carbonyl (C=O) groups excluding carboxylic acids is 1. The van der Waals surface area contributed by atoms with E-state index in [4.69, 9.17) is 10.00 Å². The third-order valence-corrected chi connectivity index (χ3v) is 3.89. The number of nitrogens with zero attached hydrogens (tertiary/aromatic N) is 1. The molecule has 1 saturated heterocycles. The maximum Gasteiger partial charge on any atom is 0.233 e. The van der Waals surface area contributed by atoms with Crippen LogP contribution >= 0.6 is 0 Å². The van der Waals surface area contributed by atoms with Crippen LogP contribution in [0.1, 0.15) is 46.0 Å². The summed E-state index contributed by atoms with van der Waals surface area (Å²) in [5, 5.41) is 14.4. The van der Waals surface area contributed by atoms with Crippen molar-refractivity contribution >= 4 is 5.91 Å². The van der Waals surface area contributed by atoms with Crippen molar-refractivity contribution in [1.29, 1.82) is 5.26 Å². The summed E-state index contributed by atoms with van der Waals surface area (Å²) in [6.45, 7) is 5.81. The molecule has 0 aromatic rings. The molecule has 1 amide bonds. The van der Waals surface area contributed by atoms with Crippen molar-refractivity contribution < 1.29 is 9.53 Å². The summed E-state index contributed by atoms with van der Waals surface area (Å²) in [7, 11) is 0. The van der Waals surface area contributed by atoms with Gasteiger partial charge in [0.1, 0.15) is 0 Å². The average molecular weight is 267 g/mol. The minimum atomic E-state index is -0.0414. The SMILES string of the molecule is CCC1(CC)CC(NCC(=O)NCCC#N)CCO1. The number of hydrogen-bond donors (Lipinski definition) is 2. The van der Waals surface area contributed by atoms with Crippen LogP contribution in [0.25, 0.3) is 0 Å². The van der Waals surface area contributed by atoms with E-state index in [1.54, 1.807) is 0 Å². The average Bonchev–Trinajstić information content (AvgIpc) is 2.45. The second-order valence-corrected chi connectivity index (χ2v) is 5.07. The summed E-state index contributed by atoms with van der Waals surface area (Å²) in [6.07, 6.45) is 4.29. The van der Waals surface area contributed by atoms with Gasteiger partial charge in [-0.3, -0.25) is 4.79 Å². The Hall–Kier alpha value is -1.12. The molecule has 1 unspecified atom stereocenters. The molecule has 0 bridgehead atoms. The molecule has 108 valence electrons. The van der Waals surface area contributed by atoms with Crippen molar-refractivity contribution in [3.63, 3.8) is 0 Å². The summed E-state index contributed by atoms with van der Waals surface area (Å²) in [4.78, 5) is 11.5. The molecule has 1 fully saturated rings. The van der Waals surface area contributed by atoms with Gasteiger partial charge in [0.15, 0.2) is 0 Å². The fourth-order valence-corrected chi connectivity index (χ4v) is 2.50. The lowest BCUT2D eigenvalue weighted by molar-refractivity contribution is -0.121. The highest BCUT2D eigenvalue weighted by atomic mass is 16.5. The standard InChI is InChI=1S/C14H25N3O2/c1-3-14(4-2)10-12(6-9-19-14)17-11-13(18)16-8-5-7-15/h12,17H,3-6,8-11H2,1-2H3,(H,16,18). The Balaban J connectivity index is 2.29. The van der Waals surface area contributed by atoms with Crippen molar-refractivity contribution in [2.75, 3.05) is 19.7 Å². The molecular weight excluding hydrogens is 242 g/mol. The summed E-state index contributed by atoms with van der Waals surface area (Å²) >= 11 is 0. The minimum absolute atomic E-state index is 0.0206. The molecule has 1 heterocycles. The van der Waals surface area contributed by atoms with Gasteiger partial charge in [-0.05, 0) is 25.7 Å². The zero-order valence-corrected chi connectivity index (χ0v) is 12.0. The highest BCUT2D eigenvalue weighted by Gasteiger charge is 2.34. The van der Waals surface area contributed by atoms with Crippen LogP contribution in [-0.2, 0) is 9.53 Å². The van der Waals surface area contributed by atoms with Gasteiger partial charge in [0.2, 0.25) is 5.91 Å². The fraction of sp³-hybridized carbons (Fsp3) is 0.857. The van der Waals surface area contributed by atoms with Crippen LogP contribution in [0.2, 0.25) is 0 Å². The lowest BCUT2D eigenvalue weighted by atomic mass is 9.86. The van der Waals surface area contributed by atoms with Crippen LogP contribution in [0, 0.1) is 11.3 Å². The number of ether oxygens (including phenoxy) is 1. The topological polar surface area (TPSA) is 74.2 Å². The van der Waals surface area contributed by atoms with Crippen molar-refractivity contribution in [2.45, 2.75) is 57.6 Å². The van der Waals surface area contributed by atoms with Crippen LogP contribution < -0.4 is 10.6 Å². The highest BCUT2D eigenvalue weighted by Crippen LogP contribution is 2.31. The predicted octanol–water partition coefficient (Wildman–Crippen LogP) is 1.34. The fourth-order valence-electron chi connectivity index (χ4n) is 2.50. The lowest BCUT2D eigenvalue weighted by Crippen LogP contribution is -2.48. The van der Waals surface area contributed by atoms with Crippen molar-refractivity contribution in [3.05, 3.63) is 0 Å². The largest absolute Gasteiger partial charge is 0.375 e. The number of hydrogen-bond acceptors (Lipinski definition) is 4. The van der Waals surface area contributed by atoms with Gasteiger partial charge >= 0.3 is 0 Å². The second-order valence-electron chi connectivity index (χ2n) is 5.07. The van der Waals surface area contributed by atoms with Gasteiger partial charge in [0.25, 0.3) is 0 Å². The van der Waals surface area contributed by atoms with Gasteiger partial charge in [-0.25, -0.2) is 0 Å². The van der Waals surface area contributed by atoms with E-state index >= 15 is 0 Å². The zero-order valence-electron chi connectivity index (χ0n) is 12.0. The van der Waals surface area contributed by atoms with E-state index in [0.717, 1.165) is 32.3 Å². The third-order valence-electron chi connectivity index (χ3n) is 3.89. The molecule has 1 aliphatic rings. The minimum Gasteiger partial charge on any atom is -0.375 e. The smallest absolute Gasteiger partial charge is 0.233 e. The molecule has 0 radical (unpaired) electrons. The van der Waals surface area contributed by atoms with Crippen molar-refractivity contribution in [1.82, 2.24) is 10.6 Å². The summed E-state index contributed by atoms with van der Waals surface area (Å²) in [5.74, 6) is -0.0414. The number of carbonyl (C=O) groups is 1. The van der Waals surface area contributed by atoms with Crippen LogP contribution in [0.3, 0.4) is 0 Å². The molecule has 0 aromatic heterocycles. The summed E-state index contributed by atoms with van der Waals surface area (Å²) in [6, 6.07) is 2.35.